The molecule has 0 radical (unpaired) electrons. The minimum absolute atomic E-state index is 0.181. The normalized spacial score (nSPS) is 39.0. The first-order valence-corrected chi connectivity index (χ1v) is 10.1. The molecule has 5 heterocycles. The van der Waals surface area contributed by atoms with Crippen LogP contribution in [0.5, 0.6) is 0 Å². The Kier molecular flexibility index (Phi) is 5.75. The number of nitrogens with zero attached hydrogens (tertiary/aromatic N) is 4. The van der Waals surface area contributed by atoms with Gasteiger partial charge in [0.15, 0.2) is 5.96 Å². The van der Waals surface area contributed by atoms with Crippen LogP contribution in [-0.4, -0.2) is 111 Å². The Balaban J connectivity index is 1.37. The predicted molar refractivity (Wildman–Crippen MR) is 98.1 cm³/mol. The topological polar surface area (TPSA) is 52.6 Å². The third kappa shape index (κ3) is 4.10. The summed E-state index contributed by atoms with van der Waals surface area (Å²) in [6, 6.07) is 0.575. The van der Waals surface area contributed by atoms with Crippen LogP contribution in [0.4, 0.5) is 0 Å². The molecular weight excluding hydrogens is 318 g/mol. The molecule has 0 amide bonds. The van der Waals surface area contributed by atoms with Gasteiger partial charge >= 0.3 is 0 Å². The van der Waals surface area contributed by atoms with Gasteiger partial charge in [-0.05, 0) is 19.8 Å². The van der Waals surface area contributed by atoms with E-state index >= 15 is 0 Å². The number of guanidine groups is 1. The van der Waals surface area contributed by atoms with Crippen molar-refractivity contribution in [2.24, 2.45) is 4.99 Å². The Bertz CT molecular complexity index is 460. The number of hydrogen-bond donors (Lipinski definition) is 1. The summed E-state index contributed by atoms with van der Waals surface area (Å²) >= 11 is 0. The van der Waals surface area contributed by atoms with Crippen molar-refractivity contribution in [2.75, 3.05) is 72.1 Å². The molecule has 5 aliphatic rings. The van der Waals surface area contributed by atoms with E-state index in [1.165, 1.54) is 32.7 Å². The quantitative estimate of drug-likeness (QED) is 0.561. The monoisotopic (exact) mass is 351 g/mol. The van der Waals surface area contributed by atoms with Crippen molar-refractivity contribution in [3.05, 3.63) is 0 Å². The first kappa shape index (κ1) is 17.5. The SMILES string of the molecule is CCNC(=NCC1CN2CCN1CC2)N1CCOC(C2CCCO2)C1. The fraction of sp³-hybridized carbons (Fsp3) is 0.944. The standard InChI is InChI=1S/C18H33N5O2/c1-2-19-18(20-12-15-13-21-5-7-22(15)8-6-21)23-9-11-25-17(14-23)16-4-3-10-24-16/h15-17H,2-14H2,1H3,(H,19,20). The maximum absolute atomic E-state index is 5.99. The van der Waals surface area contributed by atoms with Gasteiger partial charge in [0.1, 0.15) is 6.10 Å². The number of aliphatic imine (C=N–C) groups is 1. The van der Waals surface area contributed by atoms with Gasteiger partial charge in [0.25, 0.3) is 0 Å². The molecule has 5 fully saturated rings. The predicted octanol–water partition coefficient (Wildman–Crippen LogP) is -0.168. The lowest BCUT2D eigenvalue weighted by Crippen LogP contribution is -2.62. The molecule has 1 N–H and O–H groups in total. The van der Waals surface area contributed by atoms with Gasteiger partial charge in [0, 0.05) is 65.0 Å². The van der Waals surface area contributed by atoms with Gasteiger partial charge in [0.2, 0.25) is 0 Å². The number of piperazine rings is 3. The van der Waals surface area contributed by atoms with E-state index in [4.69, 9.17) is 14.5 Å². The highest BCUT2D eigenvalue weighted by atomic mass is 16.5. The van der Waals surface area contributed by atoms with Crippen molar-refractivity contribution < 1.29 is 9.47 Å². The van der Waals surface area contributed by atoms with Crippen molar-refractivity contribution in [1.29, 1.82) is 0 Å². The van der Waals surface area contributed by atoms with Crippen molar-refractivity contribution in [2.45, 2.75) is 38.0 Å². The zero-order chi connectivity index (χ0) is 17.1. The molecule has 0 spiro atoms. The summed E-state index contributed by atoms with van der Waals surface area (Å²) in [5.74, 6) is 1.05. The summed E-state index contributed by atoms with van der Waals surface area (Å²) in [7, 11) is 0. The molecule has 25 heavy (non-hydrogen) atoms. The first-order chi connectivity index (χ1) is 12.3. The molecule has 5 saturated heterocycles. The molecule has 0 aromatic heterocycles. The molecule has 5 rings (SSSR count). The lowest BCUT2D eigenvalue weighted by Gasteiger charge is -2.47. The smallest absolute Gasteiger partial charge is 0.194 e. The van der Waals surface area contributed by atoms with Crippen molar-refractivity contribution in [3.63, 3.8) is 0 Å². The third-order valence-corrected chi connectivity index (χ3v) is 5.95. The molecule has 7 nitrogen and oxygen atoms in total. The fourth-order valence-corrected chi connectivity index (χ4v) is 4.50. The minimum atomic E-state index is 0.181. The van der Waals surface area contributed by atoms with E-state index in [-0.39, 0.29) is 12.2 Å². The fourth-order valence-electron chi connectivity index (χ4n) is 4.50. The minimum Gasteiger partial charge on any atom is -0.375 e. The van der Waals surface area contributed by atoms with Gasteiger partial charge in [-0.1, -0.05) is 0 Å². The van der Waals surface area contributed by atoms with Gasteiger partial charge in [0.05, 0.1) is 19.3 Å². The van der Waals surface area contributed by atoms with Crippen LogP contribution >= 0.6 is 0 Å². The second-order valence-electron chi connectivity index (χ2n) is 7.59. The summed E-state index contributed by atoms with van der Waals surface area (Å²) in [6.07, 6.45) is 2.73. The first-order valence-electron chi connectivity index (χ1n) is 10.1. The van der Waals surface area contributed by atoms with Crippen molar-refractivity contribution >= 4 is 5.96 Å². The van der Waals surface area contributed by atoms with E-state index in [1.54, 1.807) is 0 Å². The second-order valence-corrected chi connectivity index (χ2v) is 7.59. The zero-order valence-corrected chi connectivity index (χ0v) is 15.5. The third-order valence-electron chi connectivity index (χ3n) is 5.95. The molecule has 3 unspecified atom stereocenters. The Morgan fingerprint density at radius 1 is 1.04 bits per heavy atom. The van der Waals surface area contributed by atoms with Crippen LogP contribution in [0, 0.1) is 0 Å². The van der Waals surface area contributed by atoms with Crippen LogP contribution in [0.15, 0.2) is 4.99 Å². The largest absolute Gasteiger partial charge is 0.375 e. The van der Waals surface area contributed by atoms with E-state index in [1.807, 2.05) is 0 Å². The Labute approximate surface area is 151 Å². The molecular formula is C18H33N5O2. The zero-order valence-electron chi connectivity index (χ0n) is 15.5. The van der Waals surface area contributed by atoms with E-state index in [0.29, 0.717) is 6.04 Å². The highest BCUT2D eigenvalue weighted by Gasteiger charge is 2.34. The number of ether oxygens (including phenoxy) is 2. The van der Waals surface area contributed by atoms with Crippen LogP contribution < -0.4 is 5.32 Å². The van der Waals surface area contributed by atoms with Crippen LogP contribution in [-0.2, 0) is 9.47 Å². The Morgan fingerprint density at radius 2 is 1.88 bits per heavy atom. The summed E-state index contributed by atoms with van der Waals surface area (Å²) in [5.41, 5.74) is 0. The summed E-state index contributed by atoms with van der Waals surface area (Å²) < 4.78 is 11.8. The highest BCUT2D eigenvalue weighted by Crippen LogP contribution is 2.21. The van der Waals surface area contributed by atoms with Gasteiger partial charge in [-0.25, -0.2) is 0 Å². The van der Waals surface area contributed by atoms with E-state index in [0.717, 1.165) is 58.2 Å². The summed E-state index contributed by atoms with van der Waals surface area (Å²) in [4.78, 5) is 12.6. The molecule has 0 saturated carbocycles. The van der Waals surface area contributed by atoms with Gasteiger partial charge in [-0.3, -0.25) is 14.8 Å². The number of rotatable bonds is 4. The number of morpholine rings is 1. The van der Waals surface area contributed by atoms with Gasteiger partial charge < -0.3 is 19.7 Å². The van der Waals surface area contributed by atoms with E-state index in [9.17, 15) is 0 Å². The van der Waals surface area contributed by atoms with Crippen LogP contribution in [0.3, 0.4) is 0 Å². The van der Waals surface area contributed by atoms with Gasteiger partial charge in [-0.2, -0.15) is 0 Å². The van der Waals surface area contributed by atoms with Gasteiger partial charge in [-0.15, -0.1) is 0 Å². The average Bonchev–Trinajstić information content (AvgIpc) is 3.21. The van der Waals surface area contributed by atoms with Crippen molar-refractivity contribution in [3.8, 4) is 0 Å². The van der Waals surface area contributed by atoms with Crippen LogP contribution in [0.1, 0.15) is 19.8 Å². The number of nitrogens with one attached hydrogen (secondary N) is 1. The molecule has 0 aromatic rings. The molecule has 3 atom stereocenters. The Morgan fingerprint density at radius 3 is 2.56 bits per heavy atom. The number of fused-ring (bicyclic) bond motifs is 3. The molecule has 5 aliphatic heterocycles. The highest BCUT2D eigenvalue weighted by molar-refractivity contribution is 5.80. The molecule has 7 heteroatoms. The van der Waals surface area contributed by atoms with E-state index < -0.39 is 0 Å². The average molecular weight is 351 g/mol. The lowest BCUT2D eigenvalue weighted by molar-refractivity contribution is -0.0817. The molecule has 0 aromatic carbocycles. The Hall–Kier alpha value is -0.890. The summed E-state index contributed by atoms with van der Waals surface area (Å²) in [6.45, 7) is 13.4. The molecule has 2 bridgehead atoms. The second kappa shape index (κ2) is 8.20. The van der Waals surface area contributed by atoms with E-state index in [2.05, 4.69) is 26.9 Å². The van der Waals surface area contributed by atoms with Crippen LogP contribution in [0.25, 0.3) is 0 Å². The van der Waals surface area contributed by atoms with Crippen molar-refractivity contribution in [1.82, 2.24) is 20.0 Å². The number of hydrogen-bond acceptors (Lipinski definition) is 5. The molecule has 0 aliphatic carbocycles. The summed E-state index contributed by atoms with van der Waals surface area (Å²) in [5, 5.41) is 3.49. The maximum Gasteiger partial charge on any atom is 0.194 e. The maximum atomic E-state index is 5.99. The lowest BCUT2D eigenvalue weighted by atomic mass is 10.1. The van der Waals surface area contributed by atoms with Crippen LogP contribution in [0.2, 0.25) is 0 Å². The molecule has 142 valence electrons.